The van der Waals surface area contributed by atoms with Crippen molar-refractivity contribution in [1.29, 1.82) is 0 Å². The van der Waals surface area contributed by atoms with E-state index in [0.717, 1.165) is 14.8 Å². The summed E-state index contributed by atoms with van der Waals surface area (Å²) in [6.45, 7) is 2.40. The summed E-state index contributed by atoms with van der Waals surface area (Å²) in [5, 5.41) is 5.67. The molecular weight excluding hydrogens is 282 g/mol. The molecule has 100 valence electrons. The lowest BCUT2D eigenvalue weighted by Crippen LogP contribution is -2.36. The van der Waals surface area contributed by atoms with Gasteiger partial charge < -0.3 is 10.6 Å². The van der Waals surface area contributed by atoms with Gasteiger partial charge >= 0.3 is 6.03 Å². The van der Waals surface area contributed by atoms with Crippen molar-refractivity contribution < 1.29 is 4.79 Å². The third-order valence-electron chi connectivity index (χ3n) is 2.57. The van der Waals surface area contributed by atoms with Crippen LogP contribution in [0.3, 0.4) is 0 Å². The van der Waals surface area contributed by atoms with Gasteiger partial charge in [-0.15, -0.1) is 11.3 Å². The SMILES string of the molecule is CC(NC(=O)NCc1ccncc1)c1ccc(Cl)s1. The van der Waals surface area contributed by atoms with Crippen LogP contribution in [0.25, 0.3) is 0 Å². The lowest BCUT2D eigenvalue weighted by molar-refractivity contribution is 0.237. The Morgan fingerprint density at radius 2 is 2.11 bits per heavy atom. The number of thiophene rings is 1. The third-order valence-corrected chi connectivity index (χ3v) is 3.98. The molecule has 0 aromatic carbocycles. The van der Waals surface area contributed by atoms with E-state index in [1.807, 2.05) is 31.2 Å². The maximum Gasteiger partial charge on any atom is 0.315 e. The lowest BCUT2D eigenvalue weighted by atomic mass is 10.2. The molecule has 1 unspecified atom stereocenters. The minimum Gasteiger partial charge on any atom is -0.334 e. The van der Waals surface area contributed by atoms with Gasteiger partial charge in [-0.2, -0.15) is 0 Å². The third kappa shape index (κ3) is 4.22. The van der Waals surface area contributed by atoms with Crippen LogP contribution in [0, 0.1) is 0 Å². The van der Waals surface area contributed by atoms with Crippen LogP contribution in [0.4, 0.5) is 4.79 Å². The van der Waals surface area contributed by atoms with E-state index in [-0.39, 0.29) is 12.1 Å². The highest BCUT2D eigenvalue weighted by Gasteiger charge is 2.11. The number of nitrogens with zero attached hydrogens (tertiary/aromatic N) is 1. The molecular formula is C13H14ClN3OS. The number of hydrogen-bond donors (Lipinski definition) is 2. The van der Waals surface area contributed by atoms with E-state index in [2.05, 4.69) is 15.6 Å². The Labute approximate surface area is 120 Å². The molecule has 0 saturated carbocycles. The van der Waals surface area contributed by atoms with Crippen LogP contribution in [0.2, 0.25) is 4.34 Å². The van der Waals surface area contributed by atoms with Gasteiger partial charge in [0.25, 0.3) is 0 Å². The van der Waals surface area contributed by atoms with Crippen molar-refractivity contribution in [3.63, 3.8) is 0 Å². The topological polar surface area (TPSA) is 54.0 Å². The number of aromatic nitrogens is 1. The van der Waals surface area contributed by atoms with E-state index in [0.29, 0.717) is 6.54 Å². The zero-order chi connectivity index (χ0) is 13.7. The van der Waals surface area contributed by atoms with Gasteiger partial charge in [-0.1, -0.05) is 11.6 Å². The molecule has 0 spiro atoms. The van der Waals surface area contributed by atoms with Crippen LogP contribution < -0.4 is 10.6 Å². The van der Waals surface area contributed by atoms with Crippen LogP contribution >= 0.6 is 22.9 Å². The number of rotatable bonds is 4. The predicted molar refractivity (Wildman–Crippen MR) is 77.4 cm³/mol. The lowest BCUT2D eigenvalue weighted by Gasteiger charge is -2.13. The Morgan fingerprint density at radius 1 is 1.37 bits per heavy atom. The molecule has 4 nitrogen and oxygen atoms in total. The Balaban J connectivity index is 1.81. The molecule has 0 saturated heterocycles. The van der Waals surface area contributed by atoms with Crippen LogP contribution in [0.5, 0.6) is 0 Å². The van der Waals surface area contributed by atoms with Crippen molar-refractivity contribution in [2.24, 2.45) is 0 Å². The van der Waals surface area contributed by atoms with E-state index in [4.69, 9.17) is 11.6 Å². The second-order valence-corrected chi connectivity index (χ2v) is 5.79. The molecule has 2 amide bonds. The molecule has 2 aromatic rings. The summed E-state index contributed by atoms with van der Waals surface area (Å²) in [5.74, 6) is 0. The summed E-state index contributed by atoms with van der Waals surface area (Å²) in [7, 11) is 0. The summed E-state index contributed by atoms with van der Waals surface area (Å²) in [5.41, 5.74) is 1.01. The summed E-state index contributed by atoms with van der Waals surface area (Å²) < 4.78 is 0.723. The highest BCUT2D eigenvalue weighted by atomic mass is 35.5. The Bertz CT molecular complexity index is 544. The van der Waals surface area contributed by atoms with Crippen molar-refractivity contribution in [1.82, 2.24) is 15.6 Å². The summed E-state index contributed by atoms with van der Waals surface area (Å²) in [4.78, 5) is 16.7. The second kappa shape index (κ2) is 6.54. The fourth-order valence-corrected chi connectivity index (χ4v) is 2.63. The van der Waals surface area contributed by atoms with Crippen LogP contribution in [-0.2, 0) is 6.54 Å². The van der Waals surface area contributed by atoms with Gasteiger partial charge in [0.05, 0.1) is 10.4 Å². The first-order valence-electron chi connectivity index (χ1n) is 5.83. The molecule has 0 aliphatic heterocycles. The second-order valence-electron chi connectivity index (χ2n) is 4.05. The van der Waals surface area contributed by atoms with Crippen molar-refractivity contribution in [3.05, 3.63) is 51.4 Å². The minimum atomic E-state index is -0.200. The number of amides is 2. The number of urea groups is 1. The van der Waals surface area contributed by atoms with Crippen molar-refractivity contribution in [2.45, 2.75) is 19.5 Å². The Morgan fingerprint density at radius 3 is 2.74 bits per heavy atom. The Kier molecular flexibility index (Phi) is 4.76. The molecule has 2 heterocycles. The molecule has 1 atom stereocenters. The van der Waals surface area contributed by atoms with Gasteiger partial charge in [-0.25, -0.2) is 4.79 Å². The molecule has 0 bridgehead atoms. The Hall–Kier alpha value is -1.59. The standard InChI is InChI=1S/C13H14ClN3OS/c1-9(11-2-3-12(14)19-11)17-13(18)16-8-10-4-6-15-7-5-10/h2-7,9H,8H2,1H3,(H2,16,17,18). The number of pyridine rings is 1. The fraction of sp³-hybridized carbons (Fsp3) is 0.231. The van der Waals surface area contributed by atoms with E-state index < -0.39 is 0 Å². The van der Waals surface area contributed by atoms with Crippen LogP contribution in [0.15, 0.2) is 36.7 Å². The van der Waals surface area contributed by atoms with Gasteiger partial charge in [0.2, 0.25) is 0 Å². The predicted octanol–water partition coefficient (Wildman–Crippen LogP) is 3.36. The summed E-state index contributed by atoms with van der Waals surface area (Å²) >= 11 is 7.33. The first-order valence-corrected chi connectivity index (χ1v) is 7.03. The van der Waals surface area contributed by atoms with Gasteiger partial charge in [-0.05, 0) is 36.8 Å². The molecule has 0 radical (unpaired) electrons. The number of hydrogen-bond acceptors (Lipinski definition) is 3. The molecule has 0 fully saturated rings. The zero-order valence-corrected chi connectivity index (χ0v) is 12.0. The van der Waals surface area contributed by atoms with Gasteiger partial charge in [0.1, 0.15) is 0 Å². The normalized spacial score (nSPS) is 11.9. The maximum absolute atomic E-state index is 11.7. The van der Waals surface area contributed by atoms with Crippen LogP contribution in [0.1, 0.15) is 23.4 Å². The molecule has 2 N–H and O–H groups in total. The zero-order valence-electron chi connectivity index (χ0n) is 10.4. The van der Waals surface area contributed by atoms with Gasteiger partial charge in [0.15, 0.2) is 0 Å². The smallest absolute Gasteiger partial charge is 0.315 e. The molecule has 0 aliphatic carbocycles. The molecule has 6 heteroatoms. The van der Waals surface area contributed by atoms with E-state index in [1.165, 1.54) is 11.3 Å². The van der Waals surface area contributed by atoms with Crippen molar-refractivity contribution in [3.8, 4) is 0 Å². The molecule has 0 aliphatic rings. The largest absolute Gasteiger partial charge is 0.334 e. The molecule has 19 heavy (non-hydrogen) atoms. The number of nitrogens with one attached hydrogen (secondary N) is 2. The van der Waals surface area contributed by atoms with Gasteiger partial charge in [-0.3, -0.25) is 4.98 Å². The highest BCUT2D eigenvalue weighted by molar-refractivity contribution is 7.16. The average Bonchev–Trinajstić information content (AvgIpc) is 2.84. The monoisotopic (exact) mass is 295 g/mol. The van der Waals surface area contributed by atoms with E-state index in [9.17, 15) is 4.79 Å². The number of halogens is 1. The average molecular weight is 296 g/mol. The first-order chi connectivity index (χ1) is 9.15. The highest BCUT2D eigenvalue weighted by Crippen LogP contribution is 2.26. The summed E-state index contributed by atoms with van der Waals surface area (Å²) in [6, 6.07) is 7.21. The van der Waals surface area contributed by atoms with Gasteiger partial charge in [0, 0.05) is 23.8 Å². The van der Waals surface area contributed by atoms with E-state index in [1.54, 1.807) is 12.4 Å². The first kappa shape index (κ1) is 13.8. The fourth-order valence-electron chi connectivity index (χ4n) is 1.56. The minimum absolute atomic E-state index is 0.0602. The number of carbonyl (C=O) groups excluding carboxylic acids is 1. The maximum atomic E-state index is 11.7. The van der Waals surface area contributed by atoms with Crippen LogP contribution in [-0.4, -0.2) is 11.0 Å². The van der Waals surface area contributed by atoms with Crippen molar-refractivity contribution in [2.75, 3.05) is 0 Å². The summed E-state index contributed by atoms with van der Waals surface area (Å²) in [6.07, 6.45) is 3.40. The number of carbonyl (C=O) groups is 1. The quantitative estimate of drug-likeness (QED) is 0.909. The van der Waals surface area contributed by atoms with E-state index >= 15 is 0 Å². The molecule has 2 aromatic heterocycles. The molecule has 2 rings (SSSR count). The van der Waals surface area contributed by atoms with Crippen molar-refractivity contribution >= 4 is 29.0 Å².